The van der Waals surface area contributed by atoms with Gasteiger partial charge in [0.25, 0.3) is 5.69 Å². The Kier molecular flexibility index (Phi) is 4.29. The Morgan fingerprint density at radius 3 is 2.71 bits per heavy atom. The van der Waals surface area contributed by atoms with E-state index in [0.29, 0.717) is 12.2 Å². The third-order valence-electron chi connectivity index (χ3n) is 2.14. The molecule has 0 amide bonds. The number of methoxy groups -OCH3 is 1. The van der Waals surface area contributed by atoms with Gasteiger partial charge < -0.3 is 9.47 Å². The molecule has 0 aliphatic heterocycles. The number of ether oxygens (including phenoxy) is 2. The van der Waals surface area contributed by atoms with E-state index >= 15 is 0 Å². The molecule has 0 N–H and O–H groups in total. The van der Waals surface area contributed by atoms with Crippen molar-refractivity contribution >= 4 is 5.69 Å². The summed E-state index contributed by atoms with van der Waals surface area (Å²) in [6, 6.07) is 5.96. The van der Waals surface area contributed by atoms with Gasteiger partial charge in [-0.25, -0.2) is 0 Å². The first-order valence-corrected chi connectivity index (χ1v) is 5.01. The Morgan fingerprint density at radius 2 is 2.24 bits per heavy atom. The summed E-state index contributed by atoms with van der Waals surface area (Å²) in [7, 11) is 1.43. The van der Waals surface area contributed by atoms with Crippen LogP contribution >= 0.6 is 0 Å². The van der Waals surface area contributed by atoms with Gasteiger partial charge in [-0.05, 0) is 12.5 Å². The number of rotatable bonds is 5. The highest BCUT2D eigenvalue weighted by Gasteiger charge is 2.15. The van der Waals surface area contributed by atoms with Crippen molar-refractivity contribution in [2.45, 2.75) is 19.4 Å². The van der Waals surface area contributed by atoms with Crippen molar-refractivity contribution < 1.29 is 14.4 Å². The molecule has 1 atom stereocenters. The summed E-state index contributed by atoms with van der Waals surface area (Å²) in [5, 5.41) is 19.4. The minimum Gasteiger partial charge on any atom is -0.493 e. The standard InChI is InChI=1S/C11H12N2O4/c1-3-9(7-12)17-11-6-8(13(14)15)4-5-10(11)16-2/h4-6,9H,3H2,1-2H3. The maximum absolute atomic E-state index is 10.6. The second kappa shape index (κ2) is 5.70. The number of hydrogen-bond donors (Lipinski definition) is 0. The van der Waals surface area contributed by atoms with Crippen molar-refractivity contribution in [3.05, 3.63) is 28.3 Å². The van der Waals surface area contributed by atoms with Gasteiger partial charge in [0.05, 0.1) is 18.1 Å². The van der Waals surface area contributed by atoms with Crippen molar-refractivity contribution in [1.29, 1.82) is 5.26 Å². The molecule has 1 unspecified atom stereocenters. The molecule has 0 spiro atoms. The lowest BCUT2D eigenvalue weighted by Gasteiger charge is -2.13. The molecule has 1 aromatic rings. The van der Waals surface area contributed by atoms with Crippen molar-refractivity contribution in [3.63, 3.8) is 0 Å². The van der Waals surface area contributed by atoms with Crippen molar-refractivity contribution in [1.82, 2.24) is 0 Å². The van der Waals surface area contributed by atoms with Gasteiger partial charge >= 0.3 is 0 Å². The molecule has 6 nitrogen and oxygen atoms in total. The fourth-order valence-corrected chi connectivity index (χ4v) is 1.23. The minimum atomic E-state index is -0.647. The lowest BCUT2D eigenvalue weighted by Crippen LogP contribution is -2.12. The molecule has 0 saturated carbocycles. The van der Waals surface area contributed by atoms with Crippen molar-refractivity contribution in [2.24, 2.45) is 0 Å². The Morgan fingerprint density at radius 1 is 1.53 bits per heavy atom. The van der Waals surface area contributed by atoms with E-state index in [1.807, 2.05) is 6.07 Å². The van der Waals surface area contributed by atoms with Gasteiger partial charge in [0, 0.05) is 6.07 Å². The number of nitro groups is 1. The zero-order chi connectivity index (χ0) is 12.8. The highest BCUT2D eigenvalue weighted by atomic mass is 16.6. The summed E-state index contributed by atoms with van der Waals surface area (Å²) < 4.78 is 10.3. The lowest BCUT2D eigenvalue weighted by atomic mass is 10.2. The highest BCUT2D eigenvalue weighted by Crippen LogP contribution is 2.32. The zero-order valence-corrected chi connectivity index (χ0v) is 9.54. The Labute approximate surface area is 98.5 Å². The smallest absolute Gasteiger partial charge is 0.273 e. The fraction of sp³-hybridized carbons (Fsp3) is 0.364. The molecule has 17 heavy (non-hydrogen) atoms. The maximum Gasteiger partial charge on any atom is 0.273 e. The number of nitriles is 1. The van der Waals surface area contributed by atoms with Crippen LogP contribution in [-0.2, 0) is 0 Å². The van der Waals surface area contributed by atoms with E-state index in [9.17, 15) is 10.1 Å². The van der Waals surface area contributed by atoms with Gasteiger partial charge in [0.1, 0.15) is 6.07 Å². The summed E-state index contributed by atoms with van der Waals surface area (Å²) in [6.07, 6.45) is -0.159. The summed E-state index contributed by atoms with van der Waals surface area (Å²) in [6.45, 7) is 1.79. The van der Waals surface area contributed by atoms with Crippen LogP contribution in [0, 0.1) is 21.4 Å². The van der Waals surface area contributed by atoms with E-state index in [1.165, 1.54) is 25.3 Å². The van der Waals surface area contributed by atoms with Crippen molar-refractivity contribution in [2.75, 3.05) is 7.11 Å². The van der Waals surface area contributed by atoms with Crippen LogP contribution < -0.4 is 9.47 Å². The van der Waals surface area contributed by atoms with Gasteiger partial charge in [0.2, 0.25) is 0 Å². The number of non-ortho nitro benzene ring substituents is 1. The predicted molar refractivity (Wildman–Crippen MR) is 60.0 cm³/mol. The quantitative estimate of drug-likeness (QED) is 0.578. The van der Waals surface area contributed by atoms with Crippen molar-refractivity contribution in [3.8, 4) is 17.6 Å². The molecular weight excluding hydrogens is 224 g/mol. The van der Waals surface area contributed by atoms with Gasteiger partial charge in [-0.15, -0.1) is 0 Å². The topological polar surface area (TPSA) is 85.4 Å². The minimum absolute atomic E-state index is 0.103. The molecule has 0 saturated heterocycles. The van der Waals surface area contributed by atoms with Crippen LogP contribution in [0.5, 0.6) is 11.5 Å². The molecular formula is C11H12N2O4. The van der Waals surface area contributed by atoms with Gasteiger partial charge in [-0.3, -0.25) is 10.1 Å². The van der Waals surface area contributed by atoms with E-state index in [1.54, 1.807) is 6.92 Å². The van der Waals surface area contributed by atoms with Gasteiger partial charge in [-0.2, -0.15) is 5.26 Å². The van der Waals surface area contributed by atoms with Gasteiger partial charge in [0.15, 0.2) is 17.6 Å². The normalized spacial score (nSPS) is 11.4. The van der Waals surface area contributed by atoms with Gasteiger partial charge in [-0.1, -0.05) is 6.92 Å². The molecule has 1 aromatic carbocycles. The first-order valence-electron chi connectivity index (χ1n) is 5.01. The van der Waals surface area contributed by atoms with Crippen LogP contribution in [0.15, 0.2) is 18.2 Å². The number of benzene rings is 1. The monoisotopic (exact) mass is 236 g/mol. The Bertz CT molecular complexity index is 453. The van der Waals surface area contributed by atoms with E-state index < -0.39 is 11.0 Å². The second-order valence-corrected chi connectivity index (χ2v) is 3.24. The molecule has 0 aromatic heterocycles. The molecule has 0 aliphatic carbocycles. The summed E-state index contributed by atoms with van der Waals surface area (Å²) in [5.74, 6) is 0.569. The number of nitrogens with zero attached hydrogens (tertiary/aromatic N) is 2. The van der Waals surface area contributed by atoms with E-state index in [4.69, 9.17) is 14.7 Å². The maximum atomic E-state index is 10.6. The van der Waals surface area contributed by atoms with Crippen LogP contribution in [0.1, 0.15) is 13.3 Å². The van der Waals surface area contributed by atoms with Crippen LogP contribution in [0.2, 0.25) is 0 Å². The van der Waals surface area contributed by atoms with Crippen LogP contribution in [0.3, 0.4) is 0 Å². The lowest BCUT2D eigenvalue weighted by molar-refractivity contribution is -0.385. The Balaban J connectivity index is 3.06. The molecule has 0 radical (unpaired) electrons. The molecule has 0 bridgehead atoms. The number of hydrogen-bond acceptors (Lipinski definition) is 5. The summed E-state index contributed by atoms with van der Waals surface area (Å²) >= 11 is 0. The zero-order valence-electron chi connectivity index (χ0n) is 9.54. The largest absolute Gasteiger partial charge is 0.493 e. The summed E-state index contributed by atoms with van der Waals surface area (Å²) in [4.78, 5) is 10.1. The third-order valence-corrected chi connectivity index (χ3v) is 2.14. The second-order valence-electron chi connectivity index (χ2n) is 3.24. The third kappa shape index (κ3) is 3.08. The number of nitro benzene ring substituents is 1. The van der Waals surface area contributed by atoms with Crippen LogP contribution in [0.25, 0.3) is 0 Å². The molecule has 0 aliphatic rings. The molecule has 6 heteroatoms. The molecule has 0 heterocycles. The van der Waals surface area contributed by atoms with E-state index in [0.717, 1.165) is 0 Å². The van der Waals surface area contributed by atoms with Crippen LogP contribution in [0.4, 0.5) is 5.69 Å². The summed E-state index contributed by atoms with van der Waals surface area (Å²) in [5.41, 5.74) is -0.103. The molecule has 0 fully saturated rings. The Hall–Kier alpha value is -2.29. The predicted octanol–water partition coefficient (Wildman–Crippen LogP) is 2.28. The fourth-order valence-electron chi connectivity index (χ4n) is 1.23. The first-order chi connectivity index (χ1) is 8.12. The van der Waals surface area contributed by atoms with E-state index in [2.05, 4.69) is 0 Å². The highest BCUT2D eigenvalue weighted by molar-refractivity contribution is 5.48. The molecule has 1 rings (SSSR count). The average Bonchev–Trinajstić information content (AvgIpc) is 2.35. The van der Waals surface area contributed by atoms with Crippen LogP contribution in [-0.4, -0.2) is 18.1 Å². The molecule has 90 valence electrons. The van der Waals surface area contributed by atoms with E-state index in [-0.39, 0.29) is 11.4 Å². The average molecular weight is 236 g/mol. The SMILES string of the molecule is CCC(C#N)Oc1cc([N+](=O)[O-])ccc1OC. The first kappa shape index (κ1) is 12.8.